The van der Waals surface area contributed by atoms with Gasteiger partial charge in [0.15, 0.2) is 0 Å². The van der Waals surface area contributed by atoms with Gasteiger partial charge in [-0.25, -0.2) is 0 Å². The first-order chi connectivity index (χ1) is 10.3. The van der Waals surface area contributed by atoms with Gasteiger partial charge in [-0.3, -0.25) is 10.1 Å². The summed E-state index contributed by atoms with van der Waals surface area (Å²) in [5.74, 6) is -0.161. The number of carbonyl (C=O) groups excluding carboxylic acids is 1. The predicted octanol–water partition coefficient (Wildman–Crippen LogP) is 3.36. The molecule has 1 rings (SSSR count). The summed E-state index contributed by atoms with van der Waals surface area (Å²) >= 11 is 0. The van der Waals surface area contributed by atoms with Gasteiger partial charge in [0, 0.05) is 6.54 Å². The molecule has 0 saturated heterocycles. The van der Waals surface area contributed by atoms with Crippen molar-refractivity contribution in [3.63, 3.8) is 0 Å². The number of alkyl halides is 2. The molecule has 0 heterocycles. The first-order valence-corrected chi connectivity index (χ1v) is 7.25. The predicted molar refractivity (Wildman–Crippen MR) is 79.8 cm³/mol. The van der Waals surface area contributed by atoms with Crippen LogP contribution in [0.25, 0.3) is 0 Å². The van der Waals surface area contributed by atoms with Crippen molar-refractivity contribution >= 4 is 5.97 Å². The van der Waals surface area contributed by atoms with E-state index < -0.39 is 12.2 Å². The number of nitrogens with one attached hydrogen (secondary N) is 1. The molecule has 0 aliphatic heterocycles. The molecule has 0 bridgehead atoms. The molecule has 0 aliphatic carbocycles. The third-order valence-corrected chi connectivity index (χ3v) is 3.66. The number of hydrogen-bond acceptors (Lipinski definition) is 4. The van der Waals surface area contributed by atoms with Gasteiger partial charge in [-0.2, -0.15) is 8.78 Å². The second kappa shape index (κ2) is 8.08. The Labute approximate surface area is 129 Å². The van der Waals surface area contributed by atoms with E-state index in [0.29, 0.717) is 13.2 Å². The molecule has 1 atom stereocenters. The van der Waals surface area contributed by atoms with Crippen LogP contribution in [0.1, 0.15) is 33.3 Å². The molecule has 1 unspecified atom stereocenters. The molecule has 1 N–H and O–H groups in total. The van der Waals surface area contributed by atoms with Gasteiger partial charge < -0.3 is 9.47 Å². The highest BCUT2D eigenvalue weighted by molar-refractivity contribution is 5.80. The van der Waals surface area contributed by atoms with Crippen LogP contribution in [0.2, 0.25) is 0 Å². The number of benzene rings is 1. The van der Waals surface area contributed by atoms with E-state index in [1.807, 2.05) is 13.8 Å². The van der Waals surface area contributed by atoms with Crippen LogP contribution in [-0.2, 0) is 16.1 Å². The summed E-state index contributed by atoms with van der Waals surface area (Å²) in [4.78, 5) is 12.1. The number of rotatable bonds is 8. The quantitative estimate of drug-likeness (QED) is 0.747. The maximum absolute atomic E-state index is 12.1. The second-order valence-electron chi connectivity index (χ2n) is 5.45. The van der Waals surface area contributed by atoms with E-state index in [0.717, 1.165) is 5.56 Å². The minimum atomic E-state index is -2.84. The van der Waals surface area contributed by atoms with Crippen molar-refractivity contribution in [2.45, 2.75) is 46.4 Å². The van der Waals surface area contributed by atoms with E-state index in [1.54, 1.807) is 26.0 Å². The Kier molecular flexibility index (Phi) is 6.74. The molecule has 0 fully saturated rings. The van der Waals surface area contributed by atoms with E-state index in [4.69, 9.17) is 4.74 Å². The molecule has 0 radical (unpaired) electrons. The molecule has 0 saturated carbocycles. The summed E-state index contributed by atoms with van der Waals surface area (Å²) in [6.45, 7) is 5.33. The van der Waals surface area contributed by atoms with E-state index in [2.05, 4.69) is 10.1 Å². The summed E-state index contributed by atoms with van der Waals surface area (Å²) < 4.78 is 33.6. The molecule has 0 spiro atoms. The zero-order chi connectivity index (χ0) is 16.8. The Morgan fingerprint density at radius 3 is 2.32 bits per heavy atom. The molecular formula is C16H23F2NO3. The van der Waals surface area contributed by atoms with Crippen LogP contribution in [-0.4, -0.2) is 24.7 Å². The van der Waals surface area contributed by atoms with Crippen LogP contribution >= 0.6 is 0 Å². The van der Waals surface area contributed by atoms with Gasteiger partial charge in [0.1, 0.15) is 11.3 Å². The van der Waals surface area contributed by atoms with Crippen molar-refractivity contribution < 1.29 is 23.0 Å². The van der Waals surface area contributed by atoms with E-state index in [9.17, 15) is 13.6 Å². The fraction of sp³-hybridized carbons (Fsp3) is 0.562. The second-order valence-corrected chi connectivity index (χ2v) is 5.45. The molecule has 1 aromatic rings. The molecule has 0 amide bonds. The van der Waals surface area contributed by atoms with Gasteiger partial charge in [0.2, 0.25) is 0 Å². The van der Waals surface area contributed by atoms with Crippen molar-refractivity contribution in [2.24, 2.45) is 5.92 Å². The topological polar surface area (TPSA) is 47.6 Å². The standard InChI is InChI=1S/C16H23F2NO3/c1-5-21-14(20)16(4,11(2)3)19-10-12-6-8-13(9-7-12)22-15(17)18/h6-9,11,15,19H,5,10H2,1-4H3. The zero-order valence-electron chi connectivity index (χ0n) is 13.4. The average Bonchev–Trinajstić information content (AvgIpc) is 2.45. The number of carbonyl (C=O) groups is 1. The molecular weight excluding hydrogens is 292 g/mol. The maximum Gasteiger partial charge on any atom is 0.387 e. The summed E-state index contributed by atoms with van der Waals surface area (Å²) in [7, 11) is 0. The third-order valence-electron chi connectivity index (χ3n) is 3.66. The smallest absolute Gasteiger partial charge is 0.387 e. The lowest BCUT2D eigenvalue weighted by atomic mass is 9.88. The Hall–Kier alpha value is -1.69. The van der Waals surface area contributed by atoms with Crippen LogP contribution in [0.4, 0.5) is 8.78 Å². The summed E-state index contributed by atoms with van der Waals surface area (Å²) in [6, 6.07) is 6.30. The molecule has 22 heavy (non-hydrogen) atoms. The number of esters is 1. The number of halogens is 2. The van der Waals surface area contributed by atoms with Gasteiger partial charge in [0.05, 0.1) is 6.61 Å². The Morgan fingerprint density at radius 2 is 1.86 bits per heavy atom. The van der Waals surface area contributed by atoms with Crippen molar-refractivity contribution in [1.82, 2.24) is 5.32 Å². The lowest BCUT2D eigenvalue weighted by Gasteiger charge is -2.32. The van der Waals surface area contributed by atoms with Crippen LogP contribution in [0.15, 0.2) is 24.3 Å². The molecule has 1 aromatic carbocycles. The monoisotopic (exact) mass is 315 g/mol. The van der Waals surface area contributed by atoms with Gasteiger partial charge in [-0.1, -0.05) is 26.0 Å². The largest absolute Gasteiger partial charge is 0.465 e. The summed E-state index contributed by atoms with van der Waals surface area (Å²) in [5.41, 5.74) is 0.0477. The Balaban J connectivity index is 2.71. The van der Waals surface area contributed by atoms with E-state index in [1.165, 1.54) is 12.1 Å². The molecule has 0 aromatic heterocycles. The molecule has 4 nitrogen and oxygen atoms in total. The van der Waals surface area contributed by atoms with Gasteiger partial charge in [-0.15, -0.1) is 0 Å². The van der Waals surface area contributed by atoms with Crippen LogP contribution in [0, 0.1) is 5.92 Å². The number of ether oxygens (including phenoxy) is 2. The molecule has 6 heteroatoms. The zero-order valence-corrected chi connectivity index (χ0v) is 13.4. The van der Waals surface area contributed by atoms with Crippen molar-refractivity contribution in [3.05, 3.63) is 29.8 Å². The van der Waals surface area contributed by atoms with Crippen molar-refractivity contribution in [1.29, 1.82) is 0 Å². The van der Waals surface area contributed by atoms with Gasteiger partial charge in [-0.05, 0) is 37.5 Å². The average molecular weight is 315 g/mol. The lowest BCUT2D eigenvalue weighted by molar-refractivity contribution is -0.152. The van der Waals surface area contributed by atoms with Gasteiger partial charge in [0.25, 0.3) is 0 Å². The first kappa shape index (κ1) is 18.4. The minimum absolute atomic E-state index is 0.0352. The highest BCUT2D eigenvalue weighted by Gasteiger charge is 2.37. The first-order valence-electron chi connectivity index (χ1n) is 7.25. The molecule has 124 valence electrons. The van der Waals surface area contributed by atoms with Gasteiger partial charge >= 0.3 is 12.6 Å². The summed E-state index contributed by atoms with van der Waals surface area (Å²) in [5, 5.41) is 3.19. The highest BCUT2D eigenvalue weighted by Crippen LogP contribution is 2.20. The Morgan fingerprint density at radius 1 is 1.27 bits per heavy atom. The summed E-state index contributed by atoms with van der Waals surface area (Å²) in [6.07, 6.45) is 0. The maximum atomic E-state index is 12.1. The normalized spacial score (nSPS) is 14.0. The van der Waals surface area contributed by atoms with Crippen molar-refractivity contribution in [2.75, 3.05) is 6.61 Å². The third kappa shape index (κ3) is 4.94. The molecule has 0 aliphatic rings. The fourth-order valence-electron chi connectivity index (χ4n) is 1.87. The van der Waals surface area contributed by atoms with Crippen LogP contribution < -0.4 is 10.1 Å². The highest BCUT2D eigenvalue weighted by atomic mass is 19.3. The Bertz CT molecular complexity index is 477. The fourth-order valence-corrected chi connectivity index (χ4v) is 1.87. The minimum Gasteiger partial charge on any atom is -0.465 e. The lowest BCUT2D eigenvalue weighted by Crippen LogP contribution is -2.54. The number of hydrogen-bond donors (Lipinski definition) is 1. The van der Waals surface area contributed by atoms with Crippen molar-refractivity contribution in [3.8, 4) is 5.75 Å². The van der Waals surface area contributed by atoms with E-state index >= 15 is 0 Å². The SMILES string of the molecule is CCOC(=O)C(C)(NCc1ccc(OC(F)F)cc1)C(C)C. The van der Waals surface area contributed by atoms with Crippen LogP contribution in [0.5, 0.6) is 5.75 Å². The van der Waals surface area contributed by atoms with Crippen LogP contribution in [0.3, 0.4) is 0 Å². The van der Waals surface area contributed by atoms with E-state index in [-0.39, 0.29) is 17.6 Å².